The van der Waals surface area contributed by atoms with E-state index < -0.39 is 0 Å². The highest BCUT2D eigenvalue weighted by Crippen LogP contribution is 2.23. The molecule has 3 aromatic carbocycles. The van der Waals surface area contributed by atoms with Crippen LogP contribution in [0.1, 0.15) is 28.8 Å². The quantitative estimate of drug-likeness (QED) is 0.391. The fourth-order valence-electron chi connectivity index (χ4n) is 3.58. The number of hydrogen-bond donors (Lipinski definition) is 2. The molecule has 164 valence electrons. The van der Waals surface area contributed by atoms with E-state index in [-0.39, 0.29) is 17.4 Å². The van der Waals surface area contributed by atoms with E-state index in [1.54, 1.807) is 18.2 Å². The molecule has 5 rings (SSSR count). The van der Waals surface area contributed by atoms with Crippen LogP contribution < -0.4 is 16.2 Å². The largest absolute Gasteiger partial charge is 0.351 e. The van der Waals surface area contributed by atoms with Crippen LogP contribution in [0.15, 0.2) is 83.7 Å². The van der Waals surface area contributed by atoms with Crippen LogP contribution in [-0.2, 0) is 0 Å². The van der Waals surface area contributed by atoms with Gasteiger partial charge in [0.2, 0.25) is 10.1 Å². The highest BCUT2D eigenvalue weighted by molar-refractivity contribution is 7.20. The van der Waals surface area contributed by atoms with Crippen LogP contribution in [0.2, 0.25) is 0 Å². The number of hydrogen-bond acceptors (Lipinski definition) is 6. The minimum Gasteiger partial charge on any atom is -0.351 e. The molecule has 8 heteroatoms. The maximum atomic E-state index is 12.7. The van der Waals surface area contributed by atoms with Crippen LogP contribution in [-0.4, -0.2) is 27.0 Å². The minimum absolute atomic E-state index is 0.119. The van der Waals surface area contributed by atoms with E-state index in [1.165, 1.54) is 21.4 Å². The molecule has 0 spiro atoms. The molecule has 2 aromatic heterocycles. The lowest BCUT2D eigenvalue weighted by Gasteiger charge is -2.13. The van der Waals surface area contributed by atoms with Crippen LogP contribution in [0.4, 0.5) is 10.8 Å². The zero-order chi connectivity index (χ0) is 22.8. The van der Waals surface area contributed by atoms with Crippen molar-refractivity contribution in [3.8, 4) is 0 Å². The third kappa shape index (κ3) is 4.33. The van der Waals surface area contributed by atoms with Gasteiger partial charge in [-0.15, -0.1) is 5.10 Å². The summed E-state index contributed by atoms with van der Waals surface area (Å²) in [4.78, 5) is 30.2. The Labute approximate surface area is 193 Å². The summed E-state index contributed by atoms with van der Waals surface area (Å²) in [5, 5.41) is 11.6. The lowest BCUT2D eigenvalue weighted by molar-refractivity contribution is 0.0951. The van der Waals surface area contributed by atoms with Crippen LogP contribution in [0, 0.1) is 0 Å². The van der Waals surface area contributed by atoms with Crippen LogP contribution in [0.25, 0.3) is 15.9 Å². The molecule has 0 fully saturated rings. The number of amides is 1. The standard InChI is InChI=1S/C25H21N5O2S/c1-16(17-7-3-2-4-8-17)15-26-22(31)18-11-13-19(14-12-18)27-24-29-30-23(32)20-9-5-6-10-21(20)28-25(30)33-24/h2-14,16H,15H2,1H3,(H,26,31)(H,27,29)/t16-/m0/s1. The molecule has 0 saturated heterocycles. The maximum Gasteiger partial charge on any atom is 0.283 e. The zero-order valence-electron chi connectivity index (χ0n) is 17.9. The topological polar surface area (TPSA) is 88.4 Å². The van der Waals surface area contributed by atoms with Gasteiger partial charge in [0.1, 0.15) is 0 Å². The smallest absolute Gasteiger partial charge is 0.283 e. The van der Waals surface area contributed by atoms with Gasteiger partial charge in [-0.3, -0.25) is 9.59 Å². The summed E-state index contributed by atoms with van der Waals surface area (Å²) in [6.07, 6.45) is 0. The van der Waals surface area contributed by atoms with Gasteiger partial charge in [0.05, 0.1) is 10.9 Å². The van der Waals surface area contributed by atoms with E-state index in [1.807, 2.05) is 48.5 Å². The van der Waals surface area contributed by atoms with Crippen molar-refractivity contribution in [2.24, 2.45) is 0 Å². The minimum atomic E-state index is -0.198. The lowest BCUT2D eigenvalue weighted by Crippen LogP contribution is -2.27. The van der Waals surface area contributed by atoms with E-state index >= 15 is 0 Å². The van der Waals surface area contributed by atoms with Crippen molar-refractivity contribution in [2.45, 2.75) is 12.8 Å². The molecule has 33 heavy (non-hydrogen) atoms. The van der Waals surface area contributed by atoms with Gasteiger partial charge in [-0.25, -0.2) is 4.98 Å². The molecule has 1 amide bonds. The maximum absolute atomic E-state index is 12.7. The third-order valence-electron chi connectivity index (χ3n) is 5.44. The predicted molar refractivity (Wildman–Crippen MR) is 132 cm³/mol. The van der Waals surface area contributed by atoms with Gasteiger partial charge >= 0.3 is 0 Å². The molecule has 7 nitrogen and oxygen atoms in total. The predicted octanol–water partition coefficient (Wildman–Crippen LogP) is 4.58. The Balaban J connectivity index is 1.27. The Kier molecular flexibility index (Phi) is 5.58. The summed E-state index contributed by atoms with van der Waals surface area (Å²) in [5.74, 6) is 0.107. The number of anilines is 2. The number of carbonyl (C=O) groups excluding carboxylic acids is 1. The summed E-state index contributed by atoms with van der Waals surface area (Å²) in [7, 11) is 0. The van der Waals surface area contributed by atoms with Crippen molar-refractivity contribution in [2.75, 3.05) is 11.9 Å². The lowest BCUT2D eigenvalue weighted by atomic mass is 10.0. The molecule has 5 aromatic rings. The number of para-hydroxylation sites is 1. The van der Waals surface area contributed by atoms with Crippen LogP contribution in [0.5, 0.6) is 0 Å². The van der Waals surface area contributed by atoms with Crippen molar-refractivity contribution < 1.29 is 4.79 Å². The van der Waals surface area contributed by atoms with Gasteiger partial charge in [-0.2, -0.15) is 4.52 Å². The fourth-order valence-corrected chi connectivity index (χ4v) is 4.40. The molecule has 0 unspecified atom stereocenters. The van der Waals surface area contributed by atoms with Crippen molar-refractivity contribution in [1.29, 1.82) is 0 Å². The SMILES string of the molecule is C[C@@H](CNC(=O)c1ccc(Nc2nn3c(=O)c4ccccc4nc3s2)cc1)c1ccccc1. The highest BCUT2D eigenvalue weighted by Gasteiger charge is 2.12. The summed E-state index contributed by atoms with van der Waals surface area (Å²) >= 11 is 1.29. The molecule has 0 aliphatic heterocycles. The molecular weight excluding hydrogens is 434 g/mol. The number of nitrogens with zero attached hydrogens (tertiary/aromatic N) is 3. The Hall–Kier alpha value is -4.04. The van der Waals surface area contributed by atoms with Crippen molar-refractivity contribution in [3.05, 3.63) is 100 Å². The molecule has 0 aliphatic carbocycles. The Morgan fingerprint density at radius 1 is 1.00 bits per heavy atom. The third-order valence-corrected chi connectivity index (χ3v) is 6.26. The van der Waals surface area contributed by atoms with Gasteiger partial charge in [0, 0.05) is 17.8 Å². The van der Waals surface area contributed by atoms with E-state index in [4.69, 9.17) is 0 Å². The fraction of sp³-hybridized carbons (Fsp3) is 0.120. The molecule has 1 atom stereocenters. The number of nitrogens with one attached hydrogen (secondary N) is 2. The first-order valence-corrected chi connectivity index (χ1v) is 11.4. The van der Waals surface area contributed by atoms with Gasteiger partial charge < -0.3 is 10.6 Å². The van der Waals surface area contributed by atoms with Crippen LogP contribution in [0.3, 0.4) is 0 Å². The molecule has 2 heterocycles. The van der Waals surface area contributed by atoms with Gasteiger partial charge in [-0.1, -0.05) is 60.7 Å². The second-order valence-corrected chi connectivity index (χ2v) is 8.72. The first kappa shape index (κ1) is 20.8. The molecule has 2 N–H and O–H groups in total. The molecule has 0 saturated carbocycles. The first-order chi connectivity index (χ1) is 16.1. The van der Waals surface area contributed by atoms with Crippen molar-refractivity contribution >= 4 is 43.9 Å². The second-order valence-electron chi connectivity index (χ2n) is 7.76. The van der Waals surface area contributed by atoms with Crippen LogP contribution >= 0.6 is 11.3 Å². The van der Waals surface area contributed by atoms with E-state index in [9.17, 15) is 9.59 Å². The number of aromatic nitrogens is 3. The number of carbonyl (C=O) groups is 1. The van der Waals surface area contributed by atoms with E-state index in [2.05, 4.69) is 39.8 Å². The average molecular weight is 456 g/mol. The van der Waals surface area contributed by atoms with Gasteiger partial charge in [-0.05, 0) is 47.9 Å². The van der Waals surface area contributed by atoms with Crippen molar-refractivity contribution in [1.82, 2.24) is 19.9 Å². The average Bonchev–Trinajstić information content (AvgIpc) is 3.26. The second kappa shape index (κ2) is 8.84. The van der Waals surface area contributed by atoms with E-state index in [0.29, 0.717) is 33.1 Å². The molecule has 0 aliphatic rings. The number of benzene rings is 3. The van der Waals surface area contributed by atoms with Gasteiger partial charge in [0.15, 0.2) is 0 Å². The normalized spacial score (nSPS) is 12.0. The Morgan fingerprint density at radius 3 is 2.52 bits per heavy atom. The van der Waals surface area contributed by atoms with Crippen molar-refractivity contribution in [3.63, 3.8) is 0 Å². The summed E-state index contributed by atoms with van der Waals surface area (Å²) in [5.41, 5.74) is 2.98. The number of fused-ring (bicyclic) bond motifs is 2. The highest BCUT2D eigenvalue weighted by atomic mass is 32.1. The summed E-state index contributed by atoms with van der Waals surface area (Å²) < 4.78 is 1.31. The Morgan fingerprint density at radius 2 is 1.73 bits per heavy atom. The molecular formula is C25H21N5O2S. The Bertz CT molecular complexity index is 1490. The van der Waals surface area contributed by atoms with Gasteiger partial charge in [0.25, 0.3) is 11.5 Å². The number of rotatable bonds is 6. The zero-order valence-corrected chi connectivity index (χ0v) is 18.7. The molecule has 0 bridgehead atoms. The summed E-state index contributed by atoms with van der Waals surface area (Å²) in [6.45, 7) is 2.65. The van der Waals surface area contributed by atoms with E-state index in [0.717, 1.165) is 5.69 Å². The first-order valence-electron chi connectivity index (χ1n) is 10.6. The molecule has 0 radical (unpaired) electrons. The monoisotopic (exact) mass is 455 g/mol. The summed E-state index contributed by atoms with van der Waals surface area (Å²) in [6, 6.07) is 24.5.